The number of hydrogen-bond acceptors (Lipinski definition) is 8. The minimum Gasteiger partial charge on any atom is -0.480 e. The van der Waals surface area contributed by atoms with Crippen LogP contribution in [0, 0.1) is 5.92 Å². The molecule has 0 fully saturated rings. The minimum atomic E-state index is -1.27. The second kappa shape index (κ2) is 15.6. The van der Waals surface area contributed by atoms with Crippen molar-refractivity contribution in [2.24, 2.45) is 28.1 Å². The van der Waals surface area contributed by atoms with Crippen molar-refractivity contribution in [2.45, 2.75) is 63.7 Å². The molecule has 1 aromatic rings. The summed E-state index contributed by atoms with van der Waals surface area (Å²) in [5.41, 5.74) is 16.9. The molecule has 0 saturated heterocycles. The van der Waals surface area contributed by atoms with Crippen LogP contribution < -0.4 is 33.2 Å². The number of aromatic nitrogens is 2. The second-order valence-electron chi connectivity index (χ2n) is 8.67. The molecule has 0 aliphatic heterocycles. The SMILES string of the molecule is CC(C)CC(NC(=O)C(N)CS)C(=O)NC(CCCN=C(N)N)C(=O)NC(Cc1cnc[nH]1)C(=O)O. The quantitative estimate of drug-likeness (QED) is 0.0491. The van der Waals surface area contributed by atoms with Crippen molar-refractivity contribution in [1.82, 2.24) is 25.9 Å². The molecule has 36 heavy (non-hydrogen) atoms. The fourth-order valence-corrected chi connectivity index (χ4v) is 3.36. The molecule has 0 aliphatic carbocycles. The van der Waals surface area contributed by atoms with Crippen LogP contribution in [0.25, 0.3) is 0 Å². The summed E-state index contributed by atoms with van der Waals surface area (Å²) in [6, 6.07) is -4.25. The fourth-order valence-electron chi connectivity index (χ4n) is 3.20. The number of aromatic amines is 1. The average molecular weight is 528 g/mol. The van der Waals surface area contributed by atoms with Gasteiger partial charge >= 0.3 is 5.97 Å². The highest BCUT2D eigenvalue weighted by Crippen LogP contribution is 2.08. The van der Waals surface area contributed by atoms with Gasteiger partial charge in [-0.2, -0.15) is 12.6 Å². The maximum absolute atomic E-state index is 13.1. The number of imidazole rings is 1. The van der Waals surface area contributed by atoms with Crippen LogP contribution in [0.4, 0.5) is 0 Å². The monoisotopic (exact) mass is 527 g/mol. The van der Waals surface area contributed by atoms with E-state index in [-0.39, 0.29) is 43.4 Å². The van der Waals surface area contributed by atoms with Crippen molar-refractivity contribution in [3.8, 4) is 0 Å². The topological polar surface area (TPSA) is 244 Å². The lowest BCUT2D eigenvalue weighted by molar-refractivity contribution is -0.142. The van der Waals surface area contributed by atoms with Gasteiger partial charge in [0.25, 0.3) is 0 Å². The molecule has 3 amide bonds. The van der Waals surface area contributed by atoms with Gasteiger partial charge in [-0.1, -0.05) is 13.8 Å². The van der Waals surface area contributed by atoms with Crippen LogP contribution in [-0.2, 0) is 25.6 Å². The largest absolute Gasteiger partial charge is 0.480 e. The first-order chi connectivity index (χ1) is 16.9. The zero-order chi connectivity index (χ0) is 27.3. The van der Waals surface area contributed by atoms with E-state index in [0.29, 0.717) is 12.1 Å². The molecule has 15 heteroatoms. The smallest absolute Gasteiger partial charge is 0.326 e. The molecule has 0 saturated carbocycles. The molecule has 0 spiro atoms. The van der Waals surface area contributed by atoms with Gasteiger partial charge in [0.1, 0.15) is 18.1 Å². The van der Waals surface area contributed by atoms with Gasteiger partial charge in [0.05, 0.1) is 12.4 Å². The molecule has 4 unspecified atom stereocenters. The third kappa shape index (κ3) is 11.4. The van der Waals surface area contributed by atoms with Gasteiger partial charge < -0.3 is 43.2 Å². The van der Waals surface area contributed by atoms with Crippen LogP contribution in [0.1, 0.15) is 38.8 Å². The van der Waals surface area contributed by atoms with E-state index >= 15 is 0 Å². The summed E-state index contributed by atoms with van der Waals surface area (Å²) in [6.07, 6.45) is 3.53. The first-order valence-electron chi connectivity index (χ1n) is 11.5. The van der Waals surface area contributed by atoms with Gasteiger partial charge in [-0.15, -0.1) is 0 Å². The lowest BCUT2D eigenvalue weighted by atomic mass is 10.0. The van der Waals surface area contributed by atoms with E-state index in [1.165, 1.54) is 12.5 Å². The molecular formula is C21H37N9O5S. The molecule has 4 atom stereocenters. The van der Waals surface area contributed by atoms with Crippen molar-refractivity contribution in [1.29, 1.82) is 0 Å². The molecular weight excluding hydrogens is 490 g/mol. The molecule has 1 heterocycles. The number of nitrogens with zero attached hydrogens (tertiary/aromatic N) is 2. The number of rotatable bonds is 16. The van der Waals surface area contributed by atoms with Crippen LogP contribution >= 0.6 is 12.6 Å². The average Bonchev–Trinajstić information content (AvgIpc) is 3.31. The van der Waals surface area contributed by atoms with Crippen LogP contribution in [0.3, 0.4) is 0 Å². The van der Waals surface area contributed by atoms with Gasteiger partial charge in [0.15, 0.2) is 5.96 Å². The molecule has 0 aromatic carbocycles. The van der Waals surface area contributed by atoms with Crippen molar-refractivity contribution >= 4 is 42.3 Å². The van der Waals surface area contributed by atoms with Gasteiger partial charge in [0, 0.05) is 30.6 Å². The highest BCUT2D eigenvalue weighted by atomic mass is 32.1. The Morgan fingerprint density at radius 3 is 2.22 bits per heavy atom. The van der Waals surface area contributed by atoms with Gasteiger partial charge in [0.2, 0.25) is 17.7 Å². The normalized spacial score (nSPS) is 14.2. The summed E-state index contributed by atoms with van der Waals surface area (Å²) in [7, 11) is 0. The van der Waals surface area contributed by atoms with Crippen molar-refractivity contribution < 1.29 is 24.3 Å². The van der Waals surface area contributed by atoms with Gasteiger partial charge in [-0.05, 0) is 25.2 Å². The molecule has 202 valence electrons. The molecule has 0 radical (unpaired) electrons. The second-order valence-corrected chi connectivity index (χ2v) is 9.04. The molecule has 1 rings (SSSR count). The standard InChI is InChI=1S/C21H37N9O5S/c1-11(2)6-15(29-17(31)13(22)9-36)19(33)28-14(4-3-5-26-21(23)24)18(32)30-16(20(34)35)7-12-8-25-10-27-12/h8,10-11,13-16,36H,3-7,9,22H2,1-2H3,(H,25,27)(H,28,33)(H,29,31)(H,30,32)(H,34,35)(H4,23,24,26). The maximum Gasteiger partial charge on any atom is 0.326 e. The Labute approximate surface area is 215 Å². The molecule has 14 nitrogen and oxygen atoms in total. The molecule has 11 N–H and O–H groups in total. The highest BCUT2D eigenvalue weighted by Gasteiger charge is 2.30. The number of carbonyl (C=O) groups excluding carboxylic acids is 3. The lowest BCUT2D eigenvalue weighted by Crippen LogP contribution is -2.57. The first-order valence-corrected chi connectivity index (χ1v) is 12.1. The Morgan fingerprint density at radius 2 is 1.69 bits per heavy atom. The van der Waals surface area contributed by atoms with Crippen LogP contribution in [0.15, 0.2) is 17.5 Å². The Kier molecular flexibility index (Phi) is 13.3. The number of thiol groups is 1. The number of amides is 3. The van der Waals surface area contributed by atoms with E-state index in [0.717, 1.165) is 0 Å². The predicted octanol–water partition coefficient (Wildman–Crippen LogP) is -2.15. The van der Waals surface area contributed by atoms with Crippen LogP contribution in [-0.4, -0.2) is 81.2 Å². The van der Waals surface area contributed by atoms with E-state index in [4.69, 9.17) is 17.2 Å². The summed E-state index contributed by atoms with van der Waals surface area (Å²) in [6.45, 7) is 3.94. The number of guanidine groups is 1. The molecule has 0 aliphatic rings. The number of carboxylic acids is 1. The van der Waals surface area contributed by atoms with E-state index in [1.807, 2.05) is 13.8 Å². The van der Waals surface area contributed by atoms with Crippen molar-refractivity contribution in [3.63, 3.8) is 0 Å². The number of H-pyrrole nitrogens is 1. The van der Waals surface area contributed by atoms with E-state index in [9.17, 15) is 24.3 Å². The van der Waals surface area contributed by atoms with E-state index in [2.05, 4.69) is 43.5 Å². The maximum atomic E-state index is 13.1. The van der Waals surface area contributed by atoms with E-state index in [1.54, 1.807) is 0 Å². The number of nitrogens with two attached hydrogens (primary N) is 3. The Bertz CT molecular complexity index is 890. The van der Waals surface area contributed by atoms with Gasteiger partial charge in [-0.25, -0.2) is 9.78 Å². The van der Waals surface area contributed by atoms with Crippen LogP contribution in [0.2, 0.25) is 0 Å². The zero-order valence-corrected chi connectivity index (χ0v) is 21.3. The predicted molar refractivity (Wildman–Crippen MR) is 137 cm³/mol. The zero-order valence-electron chi connectivity index (χ0n) is 20.4. The Morgan fingerprint density at radius 1 is 1.08 bits per heavy atom. The summed E-state index contributed by atoms with van der Waals surface area (Å²) >= 11 is 4.00. The third-order valence-corrected chi connectivity index (χ3v) is 5.44. The number of carboxylic acid groups (broad SMARTS) is 1. The summed E-state index contributed by atoms with van der Waals surface area (Å²) < 4.78 is 0. The number of hydrogen-bond donors (Lipinski definition) is 9. The first kappa shape index (κ1) is 30.7. The summed E-state index contributed by atoms with van der Waals surface area (Å²) in [4.78, 5) is 60.6. The number of nitrogens with one attached hydrogen (secondary N) is 4. The van der Waals surface area contributed by atoms with Crippen molar-refractivity contribution in [3.05, 3.63) is 18.2 Å². The summed E-state index contributed by atoms with van der Waals surface area (Å²) in [5, 5.41) is 17.3. The van der Waals surface area contributed by atoms with Crippen molar-refractivity contribution in [2.75, 3.05) is 12.3 Å². The van der Waals surface area contributed by atoms with E-state index < -0.39 is 47.9 Å². The number of aliphatic imine (C=N–C) groups is 1. The fraction of sp³-hybridized carbons (Fsp3) is 0.619. The lowest BCUT2D eigenvalue weighted by Gasteiger charge is -2.26. The third-order valence-electron chi connectivity index (χ3n) is 5.05. The Balaban J connectivity index is 3.03. The molecule has 1 aromatic heterocycles. The minimum absolute atomic E-state index is 0.0354. The number of aliphatic carboxylic acids is 1. The van der Waals surface area contributed by atoms with Crippen LogP contribution in [0.5, 0.6) is 0 Å². The highest BCUT2D eigenvalue weighted by molar-refractivity contribution is 7.80. The Hall–Kier alpha value is -3.33. The number of carbonyl (C=O) groups is 4. The molecule has 0 bridgehead atoms. The van der Waals surface area contributed by atoms with Gasteiger partial charge in [-0.3, -0.25) is 19.4 Å². The summed E-state index contributed by atoms with van der Waals surface area (Å²) in [5.74, 6) is -3.12.